The highest BCUT2D eigenvalue weighted by atomic mass is 32.1. The summed E-state index contributed by atoms with van der Waals surface area (Å²) in [7, 11) is 0. The molecule has 2 unspecified atom stereocenters. The summed E-state index contributed by atoms with van der Waals surface area (Å²) < 4.78 is 5.43. The van der Waals surface area contributed by atoms with Crippen LogP contribution >= 0.6 is 24.4 Å². The highest BCUT2D eigenvalue weighted by Crippen LogP contribution is 2.29. The Morgan fingerprint density at radius 2 is 1.96 bits per heavy atom. The van der Waals surface area contributed by atoms with Crippen LogP contribution in [0.1, 0.15) is 45.6 Å². The number of ether oxygens (including phenoxy) is 1. The SMILES string of the molecule is CC(C)(C)OC(=O)NC1CCCN2C(=S)N(Cc3ccccc3)C(=S)CC12. The molecule has 0 aromatic heterocycles. The standard InChI is InChI=1S/C20H27N3O2S2/c1-20(2,3)25-18(24)21-15-10-7-11-22-16(15)12-17(26)23(19(22)27)13-14-8-5-4-6-9-14/h4-6,8-9,15-16H,7,10-13H2,1-3H3,(H,21,24). The van der Waals surface area contributed by atoms with Crippen LogP contribution in [0, 0.1) is 0 Å². The molecule has 1 aromatic rings. The van der Waals surface area contributed by atoms with Crippen LogP contribution in [0.4, 0.5) is 4.79 Å². The number of carbonyl (C=O) groups excluding carboxylic acids is 1. The molecular formula is C20H27N3O2S2. The largest absolute Gasteiger partial charge is 0.444 e. The third-order valence-corrected chi connectivity index (χ3v) is 5.67. The highest BCUT2D eigenvalue weighted by molar-refractivity contribution is 7.81. The van der Waals surface area contributed by atoms with Crippen molar-refractivity contribution in [2.45, 2.75) is 64.3 Å². The Hall–Kier alpha value is -1.73. The van der Waals surface area contributed by atoms with E-state index in [0.717, 1.165) is 29.5 Å². The van der Waals surface area contributed by atoms with Crippen LogP contribution in [-0.2, 0) is 11.3 Å². The van der Waals surface area contributed by atoms with Gasteiger partial charge in [0.05, 0.1) is 23.6 Å². The van der Waals surface area contributed by atoms with Crippen molar-refractivity contribution >= 4 is 40.6 Å². The molecule has 1 aromatic carbocycles. The number of nitrogens with one attached hydrogen (secondary N) is 1. The minimum Gasteiger partial charge on any atom is -0.444 e. The second-order valence-electron chi connectivity index (χ2n) is 8.11. The van der Waals surface area contributed by atoms with Gasteiger partial charge in [-0.2, -0.15) is 0 Å². The number of nitrogens with zero attached hydrogens (tertiary/aromatic N) is 2. The summed E-state index contributed by atoms with van der Waals surface area (Å²) in [5.41, 5.74) is 0.670. The van der Waals surface area contributed by atoms with E-state index < -0.39 is 5.60 Å². The Labute approximate surface area is 172 Å². The topological polar surface area (TPSA) is 44.8 Å². The normalized spacial score (nSPS) is 23.1. The highest BCUT2D eigenvalue weighted by Gasteiger charge is 2.41. The first-order valence-electron chi connectivity index (χ1n) is 9.39. The summed E-state index contributed by atoms with van der Waals surface area (Å²) >= 11 is 11.5. The zero-order valence-electron chi connectivity index (χ0n) is 16.1. The van der Waals surface area contributed by atoms with E-state index >= 15 is 0 Å². The van der Waals surface area contributed by atoms with Crippen molar-refractivity contribution in [3.8, 4) is 0 Å². The number of alkyl carbamates (subject to hydrolysis) is 1. The second-order valence-corrected chi connectivity index (χ2v) is 8.94. The first-order chi connectivity index (χ1) is 12.7. The number of hydrogen-bond donors (Lipinski definition) is 1. The molecule has 1 amide bonds. The predicted octanol–water partition coefficient (Wildman–Crippen LogP) is 3.86. The smallest absolute Gasteiger partial charge is 0.407 e. The fraction of sp³-hybridized carbons (Fsp3) is 0.550. The lowest BCUT2D eigenvalue weighted by molar-refractivity contribution is 0.0448. The molecule has 2 aliphatic heterocycles. The van der Waals surface area contributed by atoms with Crippen molar-refractivity contribution in [2.24, 2.45) is 0 Å². The maximum atomic E-state index is 12.2. The number of fused-ring (bicyclic) bond motifs is 1. The molecule has 2 fully saturated rings. The molecule has 2 aliphatic rings. The average Bonchev–Trinajstić information content (AvgIpc) is 2.58. The molecule has 0 saturated carbocycles. The molecule has 7 heteroatoms. The van der Waals surface area contributed by atoms with Gasteiger partial charge in [0.25, 0.3) is 0 Å². The first-order valence-corrected chi connectivity index (χ1v) is 10.2. The number of amides is 1. The molecule has 0 radical (unpaired) electrons. The molecule has 0 aliphatic carbocycles. The van der Waals surface area contributed by atoms with E-state index in [2.05, 4.69) is 22.3 Å². The maximum absolute atomic E-state index is 12.2. The van der Waals surface area contributed by atoms with Crippen LogP contribution in [-0.4, -0.2) is 50.2 Å². The van der Waals surface area contributed by atoms with E-state index in [9.17, 15) is 4.79 Å². The molecule has 2 saturated heterocycles. The maximum Gasteiger partial charge on any atom is 0.407 e. The lowest BCUT2D eigenvalue weighted by atomic mass is 9.92. The van der Waals surface area contributed by atoms with Gasteiger partial charge in [0, 0.05) is 13.0 Å². The van der Waals surface area contributed by atoms with Crippen molar-refractivity contribution in [2.75, 3.05) is 6.54 Å². The summed E-state index contributed by atoms with van der Waals surface area (Å²) in [5.74, 6) is 0. The lowest BCUT2D eigenvalue weighted by Crippen LogP contribution is -2.64. The van der Waals surface area contributed by atoms with Crippen LogP contribution in [0.2, 0.25) is 0 Å². The summed E-state index contributed by atoms with van der Waals surface area (Å²) in [6, 6.07) is 10.3. The molecular weight excluding hydrogens is 378 g/mol. The van der Waals surface area contributed by atoms with E-state index in [1.807, 2.05) is 43.9 Å². The minimum atomic E-state index is -0.512. The monoisotopic (exact) mass is 405 g/mol. The second kappa shape index (κ2) is 8.10. The average molecular weight is 406 g/mol. The fourth-order valence-electron chi connectivity index (χ4n) is 3.65. The van der Waals surface area contributed by atoms with Crippen molar-refractivity contribution in [1.82, 2.24) is 15.1 Å². The molecule has 3 rings (SSSR count). The van der Waals surface area contributed by atoms with Gasteiger partial charge in [-0.05, 0) is 51.4 Å². The molecule has 2 atom stereocenters. The number of rotatable bonds is 3. The summed E-state index contributed by atoms with van der Waals surface area (Å²) in [4.78, 5) is 17.3. The summed E-state index contributed by atoms with van der Waals surface area (Å²) in [6.07, 6.45) is 2.22. The molecule has 146 valence electrons. The Balaban J connectivity index is 1.69. The number of benzene rings is 1. The van der Waals surface area contributed by atoms with Gasteiger partial charge in [0.1, 0.15) is 5.60 Å². The van der Waals surface area contributed by atoms with E-state index in [-0.39, 0.29) is 18.2 Å². The molecule has 27 heavy (non-hydrogen) atoms. The van der Waals surface area contributed by atoms with Crippen LogP contribution in [0.25, 0.3) is 0 Å². The molecule has 1 N–H and O–H groups in total. The third kappa shape index (κ3) is 4.96. The number of piperidine rings is 1. The molecule has 0 bridgehead atoms. The van der Waals surface area contributed by atoms with Crippen molar-refractivity contribution in [1.29, 1.82) is 0 Å². The van der Waals surface area contributed by atoms with E-state index in [4.69, 9.17) is 29.2 Å². The van der Waals surface area contributed by atoms with Crippen molar-refractivity contribution < 1.29 is 9.53 Å². The minimum absolute atomic E-state index is 0.0108. The van der Waals surface area contributed by atoms with Crippen LogP contribution in [0.15, 0.2) is 30.3 Å². The number of carbonyl (C=O) groups is 1. The summed E-state index contributed by atoms with van der Waals surface area (Å²) in [6.45, 7) is 7.18. The quantitative estimate of drug-likeness (QED) is 0.771. The Kier molecular flexibility index (Phi) is 6.01. The van der Waals surface area contributed by atoms with Gasteiger partial charge in [-0.1, -0.05) is 42.5 Å². The van der Waals surface area contributed by atoms with Crippen molar-refractivity contribution in [3.63, 3.8) is 0 Å². The fourth-order valence-corrected chi connectivity index (χ4v) is 4.43. The van der Waals surface area contributed by atoms with E-state index in [1.165, 1.54) is 5.56 Å². The first kappa shape index (κ1) is 20.0. The van der Waals surface area contributed by atoms with Crippen LogP contribution in [0.3, 0.4) is 0 Å². The Morgan fingerprint density at radius 3 is 2.63 bits per heavy atom. The van der Waals surface area contributed by atoms with Crippen LogP contribution in [0.5, 0.6) is 0 Å². The molecule has 0 spiro atoms. The van der Waals surface area contributed by atoms with Gasteiger partial charge in [-0.15, -0.1) is 0 Å². The van der Waals surface area contributed by atoms with Gasteiger partial charge < -0.3 is 19.9 Å². The zero-order valence-corrected chi connectivity index (χ0v) is 17.7. The van der Waals surface area contributed by atoms with Gasteiger partial charge in [-0.3, -0.25) is 0 Å². The lowest BCUT2D eigenvalue weighted by Gasteiger charge is -2.49. The van der Waals surface area contributed by atoms with E-state index in [1.54, 1.807) is 0 Å². The van der Waals surface area contributed by atoms with Crippen molar-refractivity contribution in [3.05, 3.63) is 35.9 Å². The number of thiocarbonyl (C=S) groups is 2. The van der Waals surface area contributed by atoms with Gasteiger partial charge in [-0.25, -0.2) is 4.79 Å². The van der Waals surface area contributed by atoms with E-state index in [0.29, 0.717) is 13.0 Å². The van der Waals surface area contributed by atoms with Gasteiger partial charge >= 0.3 is 6.09 Å². The van der Waals surface area contributed by atoms with Gasteiger partial charge in [0.15, 0.2) is 5.11 Å². The Bertz CT molecular complexity index is 718. The number of hydrogen-bond acceptors (Lipinski definition) is 4. The van der Waals surface area contributed by atoms with Gasteiger partial charge in [0.2, 0.25) is 0 Å². The molecule has 2 heterocycles. The third-order valence-electron chi connectivity index (χ3n) is 4.83. The zero-order chi connectivity index (χ0) is 19.6. The summed E-state index contributed by atoms with van der Waals surface area (Å²) in [5, 5.41) is 3.80. The molecule has 5 nitrogen and oxygen atoms in total. The predicted molar refractivity (Wildman–Crippen MR) is 115 cm³/mol. The Morgan fingerprint density at radius 1 is 1.26 bits per heavy atom. The van der Waals surface area contributed by atoms with Crippen LogP contribution < -0.4 is 5.32 Å².